The first-order valence-electron chi connectivity index (χ1n) is 7.07. The Balaban J connectivity index is 1.75. The topological polar surface area (TPSA) is 72.2 Å². The molecule has 2 unspecified atom stereocenters. The van der Waals surface area contributed by atoms with E-state index < -0.39 is 6.10 Å². The van der Waals surface area contributed by atoms with E-state index in [1.165, 1.54) is 6.33 Å². The maximum absolute atomic E-state index is 10.2. The van der Waals surface area contributed by atoms with Gasteiger partial charge in [-0.3, -0.25) is 4.68 Å². The molecule has 0 amide bonds. The van der Waals surface area contributed by atoms with Crippen LogP contribution in [-0.2, 0) is 6.54 Å². The fourth-order valence-corrected chi connectivity index (χ4v) is 2.06. The van der Waals surface area contributed by atoms with E-state index in [1.54, 1.807) is 18.1 Å². The number of aryl methyl sites for hydroxylation is 1. The molecule has 114 valence electrons. The molecular weight excluding hydrogens is 268 g/mol. The Labute approximate surface area is 124 Å². The lowest BCUT2D eigenvalue weighted by atomic mass is 10.1. The highest BCUT2D eigenvalue weighted by Crippen LogP contribution is 2.18. The lowest BCUT2D eigenvalue weighted by Gasteiger charge is -2.17. The standard InChI is InChI=1S/C15H22N4O2/c1-12(6-7-19-11-16-10-18-19)17-9-15(20)13-4-3-5-14(8-13)21-2/h3-5,8,10-12,15,17,20H,6-7,9H2,1-2H3. The number of aliphatic hydroxyl groups is 1. The number of rotatable bonds is 8. The molecule has 0 saturated carbocycles. The molecule has 0 aliphatic heterocycles. The smallest absolute Gasteiger partial charge is 0.137 e. The maximum Gasteiger partial charge on any atom is 0.137 e. The first-order valence-corrected chi connectivity index (χ1v) is 7.07. The van der Waals surface area contributed by atoms with Crippen molar-refractivity contribution >= 4 is 0 Å². The van der Waals surface area contributed by atoms with Crippen molar-refractivity contribution in [1.82, 2.24) is 20.1 Å². The molecule has 0 aliphatic rings. The fourth-order valence-electron chi connectivity index (χ4n) is 2.06. The third kappa shape index (κ3) is 4.84. The molecule has 2 N–H and O–H groups in total. The van der Waals surface area contributed by atoms with Crippen molar-refractivity contribution in [2.24, 2.45) is 0 Å². The summed E-state index contributed by atoms with van der Waals surface area (Å²) in [6.07, 6.45) is 3.62. The van der Waals surface area contributed by atoms with E-state index in [4.69, 9.17) is 4.74 Å². The van der Waals surface area contributed by atoms with Gasteiger partial charge < -0.3 is 15.2 Å². The number of hydrogen-bond acceptors (Lipinski definition) is 5. The molecule has 6 heteroatoms. The summed E-state index contributed by atoms with van der Waals surface area (Å²) >= 11 is 0. The van der Waals surface area contributed by atoms with Gasteiger partial charge in [0.2, 0.25) is 0 Å². The number of methoxy groups -OCH3 is 1. The third-order valence-electron chi connectivity index (χ3n) is 3.40. The van der Waals surface area contributed by atoms with Crippen molar-refractivity contribution < 1.29 is 9.84 Å². The molecule has 2 atom stereocenters. The van der Waals surface area contributed by atoms with Gasteiger partial charge >= 0.3 is 0 Å². The Hall–Kier alpha value is -1.92. The van der Waals surface area contributed by atoms with E-state index in [9.17, 15) is 5.11 Å². The van der Waals surface area contributed by atoms with Crippen LogP contribution in [0, 0.1) is 0 Å². The average molecular weight is 290 g/mol. The lowest BCUT2D eigenvalue weighted by Crippen LogP contribution is -2.31. The molecule has 0 bridgehead atoms. The summed E-state index contributed by atoms with van der Waals surface area (Å²) in [5, 5.41) is 17.6. The van der Waals surface area contributed by atoms with Gasteiger partial charge in [-0.1, -0.05) is 12.1 Å². The molecule has 1 aromatic carbocycles. The van der Waals surface area contributed by atoms with Crippen molar-refractivity contribution in [3.05, 3.63) is 42.5 Å². The maximum atomic E-state index is 10.2. The van der Waals surface area contributed by atoms with E-state index in [0.29, 0.717) is 6.54 Å². The molecule has 2 aromatic rings. The highest BCUT2D eigenvalue weighted by molar-refractivity contribution is 5.29. The van der Waals surface area contributed by atoms with Crippen LogP contribution in [-0.4, -0.2) is 39.6 Å². The number of aliphatic hydroxyl groups excluding tert-OH is 1. The molecule has 21 heavy (non-hydrogen) atoms. The van der Waals surface area contributed by atoms with Crippen molar-refractivity contribution in [1.29, 1.82) is 0 Å². The Morgan fingerprint density at radius 1 is 1.43 bits per heavy atom. The van der Waals surface area contributed by atoms with Gasteiger partial charge in [-0.15, -0.1) is 0 Å². The summed E-state index contributed by atoms with van der Waals surface area (Å²) < 4.78 is 6.97. The average Bonchev–Trinajstić information content (AvgIpc) is 3.04. The van der Waals surface area contributed by atoms with E-state index in [2.05, 4.69) is 22.3 Å². The van der Waals surface area contributed by atoms with Crippen LogP contribution in [0.4, 0.5) is 0 Å². The van der Waals surface area contributed by atoms with Gasteiger partial charge in [-0.2, -0.15) is 5.10 Å². The van der Waals surface area contributed by atoms with Crippen LogP contribution in [0.25, 0.3) is 0 Å². The van der Waals surface area contributed by atoms with Gasteiger partial charge in [-0.05, 0) is 31.0 Å². The van der Waals surface area contributed by atoms with Crippen molar-refractivity contribution in [3.63, 3.8) is 0 Å². The molecule has 1 aromatic heterocycles. The molecule has 0 saturated heterocycles. The van der Waals surface area contributed by atoms with Crippen molar-refractivity contribution in [3.8, 4) is 5.75 Å². The molecule has 6 nitrogen and oxygen atoms in total. The summed E-state index contributed by atoms with van der Waals surface area (Å²) in [7, 11) is 1.62. The number of nitrogens with zero attached hydrogens (tertiary/aromatic N) is 3. The zero-order valence-electron chi connectivity index (χ0n) is 12.4. The highest BCUT2D eigenvalue weighted by Gasteiger charge is 2.10. The molecule has 2 rings (SSSR count). The number of hydrogen-bond donors (Lipinski definition) is 2. The minimum atomic E-state index is -0.547. The van der Waals surface area contributed by atoms with Crippen LogP contribution >= 0.6 is 0 Å². The second kappa shape index (κ2) is 7.75. The van der Waals surface area contributed by atoms with Crippen LogP contribution in [0.5, 0.6) is 5.75 Å². The van der Waals surface area contributed by atoms with Crippen molar-refractivity contribution in [2.45, 2.75) is 32.0 Å². The molecule has 0 aliphatic carbocycles. The normalized spacial score (nSPS) is 13.9. The molecular formula is C15H22N4O2. The molecule has 0 spiro atoms. The quantitative estimate of drug-likeness (QED) is 0.768. The Kier molecular flexibility index (Phi) is 5.71. The monoisotopic (exact) mass is 290 g/mol. The second-order valence-corrected chi connectivity index (χ2v) is 5.05. The van der Waals surface area contributed by atoms with Crippen LogP contribution in [0.3, 0.4) is 0 Å². The predicted molar refractivity (Wildman–Crippen MR) is 80.1 cm³/mol. The highest BCUT2D eigenvalue weighted by atomic mass is 16.5. The summed E-state index contributed by atoms with van der Waals surface area (Å²) in [4.78, 5) is 3.91. The van der Waals surface area contributed by atoms with Gasteiger partial charge in [0.15, 0.2) is 0 Å². The predicted octanol–water partition coefficient (Wildman–Crippen LogP) is 1.39. The summed E-state index contributed by atoms with van der Waals surface area (Å²) in [5.41, 5.74) is 0.852. The lowest BCUT2D eigenvalue weighted by molar-refractivity contribution is 0.169. The first-order chi connectivity index (χ1) is 10.2. The van der Waals surface area contributed by atoms with Crippen LogP contribution in [0.15, 0.2) is 36.9 Å². The van der Waals surface area contributed by atoms with Gasteiger partial charge in [0.1, 0.15) is 18.4 Å². The molecule has 0 radical (unpaired) electrons. The number of aromatic nitrogens is 3. The molecule has 1 heterocycles. The van der Waals surface area contributed by atoms with Crippen LogP contribution in [0.1, 0.15) is 25.0 Å². The van der Waals surface area contributed by atoms with Gasteiger partial charge in [0.25, 0.3) is 0 Å². The second-order valence-electron chi connectivity index (χ2n) is 5.05. The zero-order chi connectivity index (χ0) is 15.1. The van der Waals surface area contributed by atoms with E-state index in [1.807, 2.05) is 24.3 Å². The minimum Gasteiger partial charge on any atom is -0.497 e. The Morgan fingerprint density at radius 3 is 3.00 bits per heavy atom. The first kappa shape index (κ1) is 15.5. The van der Waals surface area contributed by atoms with E-state index in [0.717, 1.165) is 24.3 Å². The zero-order valence-corrected chi connectivity index (χ0v) is 12.4. The van der Waals surface area contributed by atoms with Crippen LogP contribution < -0.4 is 10.1 Å². The van der Waals surface area contributed by atoms with E-state index >= 15 is 0 Å². The fraction of sp³-hybridized carbons (Fsp3) is 0.467. The molecule has 0 fully saturated rings. The number of ether oxygens (including phenoxy) is 1. The summed E-state index contributed by atoms with van der Waals surface area (Å²) in [6, 6.07) is 7.78. The summed E-state index contributed by atoms with van der Waals surface area (Å²) in [5.74, 6) is 0.755. The summed E-state index contributed by atoms with van der Waals surface area (Å²) in [6.45, 7) is 3.41. The number of nitrogens with one attached hydrogen (secondary N) is 1. The third-order valence-corrected chi connectivity index (χ3v) is 3.40. The van der Waals surface area contributed by atoms with Gasteiger partial charge in [-0.25, -0.2) is 4.98 Å². The van der Waals surface area contributed by atoms with Gasteiger partial charge in [0, 0.05) is 19.1 Å². The van der Waals surface area contributed by atoms with Crippen LogP contribution in [0.2, 0.25) is 0 Å². The SMILES string of the molecule is COc1cccc(C(O)CNC(C)CCn2cncn2)c1. The van der Waals surface area contributed by atoms with Crippen molar-refractivity contribution in [2.75, 3.05) is 13.7 Å². The van der Waals surface area contributed by atoms with E-state index in [-0.39, 0.29) is 6.04 Å². The Morgan fingerprint density at radius 2 is 2.29 bits per heavy atom. The number of benzene rings is 1. The largest absolute Gasteiger partial charge is 0.497 e. The Bertz CT molecular complexity index is 530. The minimum absolute atomic E-state index is 0.287. The van der Waals surface area contributed by atoms with Gasteiger partial charge in [0.05, 0.1) is 13.2 Å².